The van der Waals surface area contributed by atoms with Crippen molar-refractivity contribution >= 4 is 17.6 Å². The summed E-state index contributed by atoms with van der Waals surface area (Å²) in [5.74, 6) is 1.05. The molecule has 8 nitrogen and oxygen atoms in total. The van der Waals surface area contributed by atoms with Crippen molar-refractivity contribution < 1.29 is 19.4 Å². The number of benzene rings is 2. The van der Waals surface area contributed by atoms with E-state index in [2.05, 4.69) is 26.9 Å². The molecule has 184 valence electrons. The number of carbonyl (C=O) groups is 1. The summed E-state index contributed by atoms with van der Waals surface area (Å²) in [6.45, 7) is 1.58. The minimum absolute atomic E-state index is 0.0450. The van der Waals surface area contributed by atoms with Crippen molar-refractivity contribution in [3.8, 4) is 11.5 Å². The zero-order valence-corrected chi connectivity index (χ0v) is 20.5. The number of aromatic carboxylic acids is 1. The van der Waals surface area contributed by atoms with Gasteiger partial charge in [-0.25, -0.2) is 14.8 Å². The predicted octanol–water partition coefficient (Wildman–Crippen LogP) is 4.60. The Morgan fingerprint density at radius 3 is 2.69 bits per heavy atom. The zero-order chi connectivity index (χ0) is 24.8. The van der Waals surface area contributed by atoms with Gasteiger partial charge in [-0.1, -0.05) is 18.2 Å². The maximum absolute atomic E-state index is 11.9. The van der Waals surface area contributed by atoms with E-state index in [0.717, 1.165) is 55.1 Å². The summed E-state index contributed by atoms with van der Waals surface area (Å²) in [6.07, 6.45) is 4.70. The maximum atomic E-state index is 11.9. The summed E-state index contributed by atoms with van der Waals surface area (Å²) in [7, 11) is 5.32. The fraction of sp³-hybridized carbons (Fsp3) is 0.370. The highest BCUT2D eigenvalue weighted by molar-refractivity contribution is 5.88. The van der Waals surface area contributed by atoms with Gasteiger partial charge >= 0.3 is 5.97 Å². The number of ether oxygens (including phenoxy) is 2. The van der Waals surface area contributed by atoms with Gasteiger partial charge in [0.05, 0.1) is 31.5 Å². The van der Waals surface area contributed by atoms with Crippen molar-refractivity contribution in [3.63, 3.8) is 0 Å². The molecular weight excluding hydrogens is 444 g/mol. The van der Waals surface area contributed by atoms with Gasteiger partial charge in [0.15, 0.2) is 0 Å². The molecule has 2 heterocycles. The standard InChI is InChI=1S/C27H32N4O4/c1-30(19-9-5-4-6-10-19)15-7-11-23-22(26(32)33)18-28-27(29-23)31-16-8-12-24(31)21-14-13-20(34-2)17-25(21)35-3/h4-6,9-10,13-14,17-18,24H,7-8,11-12,15-16H2,1-3H3,(H,32,33)/t24-/m1/s1. The average Bonchev–Trinajstić information content (AvgIpc) is 3.38. The van der Waals surface area contributed by atoms with Gasteiger partial charge in [-0.3, -0.25) is 0 Å². The number of rotatable bonds is 10. The summed E-state index contributed by atoms with van der Waals surface area (Å²) < 4.78 is 11.0. The summed E-state index contributed by atoms with van der Waals surface area (Å²) in [5.41, 5.74) is 2.90. The van der Waals surface area contributed by atoms with Crippen LogP contribution in [-0.4, -0.2) is 55.4 Å². The number of methoxy groups -OCH3 is 2. The highest BCUT2D eigenvalue weighted by Crippen LogP contribution is 2.40. The first-order chi connectivity index (χ1) is 17.0. The van der Waals surface area contributed by atoms with Crippen molar-refractivity contribution in [2.24, 2.45) is 0 Å². The number of nitrogens with zero attached hydrogens (tertiary/aromatic N) is 4. The highest BCUT2D eigenvalue weighted by atomic mass is 16.5. The Labute approximate surface area is 206 Å². The van der Waals surface area contributed by atoms with Gasteiger partial charge in [0.2, 0.25) is 5.95 Å². The lowest BCUT2D eigenvalue weighted by Gasteiger charge is -2.27. The van der Waals surface area contributed by atoms with E-state index in [4.69, 9.17) is 14.5 Å². The van der Waals surface area contributed by atoms with Crippen LogP contribution in [0.5, 0.6) is 11.5 Å². The summed E-state index contributed by atoms with van der Waals surface area (Å²) >= 11 is 0. The van der Waals surface area contributed by atoms with E-state index in [1.807, 2.05) is 43.4 Å². The first-order valence-electron chi connectivity index (χ1n) is 11.9. The van der Waals surface area contributed by atoms with Gasteiger partial charge < -0.3 is 24.4 Å². The van der Waals surface area contributed by atoms with Gasteiger partial charge in [0.25, 0.3) is 0 Å². The van der Waals surface area contributed by atoms with E-state index >= 15 is 0 Å². The topological polar surface area (TPSA) is 88.0 Å². The maximum Gasteiger partial charge on any atom is 0.339 e. The Bertz CT molecular complexity index is 1160. The largest absolute Gasteiger partial charge is 0.497 e. The van der Waals surface area contributed by atoms with Crippen LogP contribution in [0.15, 0.2) is 54.7 Å². The zero-order valence-electron chi connectivity index (χ0n) is 20.5. The molecule has 0 saturated carbocycles. The number of anilines is 2. The summed E-state index contributed by atoms with van der Waals surface area (Å²) in [6, 6.07) is 16.0. The molecule has 1 aliphatic heterocycles. The minimum atomic E-state index is -1.00. The Hall–Kier alpha value is -3.81. The first kappa shape index (κ1) is 24.3. The van der Waals surface area contributed by atoms with Crippen LogP contribution in [0, 0.1) is 0 Å². The lowest BCUT2D eigenvalue weighted by molar-refractivity contribution is 0.0694. The van der Waals surface area contributed by atoms with Crippen molar-refractivity contribution in [2.45, 2.75) is 31.7 Å². The van der Waals surface area contributed by atoms with Gasteiger partial charge in [-0.2, -0.15) is 0 Å². The third-order valence-electron chi connectivity index (χ3n) is 6.50. The molecule has 1 aliphatic rings. The first-order valence-corrected chi connectivity index (χ1v) is 11.9. The molecule has 0 aliphatic carbocycles. The average molecular weight is 477 g/mol. The molecule has 0 radical (unpaired) electrons. The lowest BCUT2D eigenvalue weighted by Crippen LogP contribution is -2.26. The molecule has 0 amide bonds. The summed E-state index contributed by atoms with van der Waals surface area (Å²) in [5, 5.41) is 9.72. The third kappa shape index (κ3) is 5.48. The molecular formula is C27H32N4O4. The van der Waals surface area contributed by atoms with Crippen LogP contribution in [0.4, 0.5) is 11.6 Å². The van der Waals surface area contributed by atoms with E-state index in [1.165, 1.54) is 6.20 Å². The second-order valence-corrected chi connectivity index (χ2v) is 8.66. The third-order valence-corrected chi connectivity index (χ3v) is 6.50. The smallest absolute Gasteiger partial charge is 0.339 e. The van der Waals surface area contributed by atoms with E-state index < -0.39 is 5.97 Å². The van der Waals surface area contributed by atoms with Crippen LogP contribution in [0.25, 0.3) is 0 Å². The second kappa shape index (κ2) is 11.1. The van der Waals surface area contributed by atoms with Crippen molar-refractivity contribution in [2.75, 3.05) is 44.2 Å². The van der Waals surface area contributed by atoms with E-state index in [1.54, 1.807) is 14.2 Å². The van der Waals surface area contributed by atoms with Crippen molar-refractivity contribution in [3.05, 3.63) is 71.5 Å². The predicted molar refractivity (Wildman–Crippen MR) is 136 cm³/mol. The van der Waals surface area contributed by atoms with Gasteiger partial charge in [-0.15, -0.1) is 0 Å². The quantitative estimate of drug-likeness (QED) is 0.454. The number of hydrogen-bond donors (Lipinski definition) is 1. The molecule has 0 bridgehead atoms. The molecule has 4 rings (SSSR count). The number of para-hydroxylation sites is 1. The van der Waals surface area contributed by atoms with E-state index in [9.17, 15) is 9.90 Å². The second-order valence-electron chi connectivity index (χ2n) is 8.66. The highest BCUT2D eigenvalue weighted by Gasteiger charge is 2.31. The van der Waals surface area contributed by atoms with Crippen LogP contribution in [0.2, 0.25) is 0 Å². The number of carboxylic acid groups (broad SMARTS) is 1. The van der Waals surface area contributed by atoms with E-state index in [-0.39, 0.29) is 11.6 Å². The number of carboxylic acids is 1. The van der Waals surface area contributed by atoms with Gasteiger partial charge in [-0.05, 0) is 49.9 Å². The van der Waals surface area contributed by atoms with Gasteiger partial charge in [0.1, 0.15) is 11.5 Å². The van der Waals surface area contributed by atoms with Crippen molar-refractivity contribution in [1.82, 2.24) is 9.97 Å². The van der Waals surface area contributed by atoms with Crippen LogP contribution in [-0.2, 0) is 6.42 Å². The molecule has 0 unspecified atom stereocenters. The normalized spacial score (nSPS) is 15.2. The molecule has 1 fully saturated rings. The van der Waals surface area contributed by atoms with Crippen LogP contribution < -0.4 is 19.3 Å². The lowest BCUT2D eigenvalue weighted by atomic mass is 10.0. The molecule has 2 aromatic carbocycles. The molecule has 1 atom stereocenters. The van der Waals surface area contributed by atoms with Crippen LogP contribution in [0.1, 0.15) is 46.9 Å². The molecule has 1 aromatic heterocycles. The summed E-state index contributed by atoms with van der Waals surface area (Å²) in [4.78, 5) is 25.4. The SMILES string of the molecule is COc1ccc([C@H]2CCCN2c2ncc(C(=O)O)c(CCCN(C)c3ccccc3)n2)c(OC)c1. The van der Waals surface area contributed by atoms with Crippen LogP contribution >= 0.6 is 0 Å². The fourth-order valence-electron chi connectivity index (χ4n) is 4.63. The number of aromatic nitrogens is 2. The molecule has 1 N–H and O–H groups in total. The Morgan fingerprint density at radius 1 is 1.17 bits per heavy atom. The number of hydrogen-bond acceptors (Lipinski definition) is 7. The van der Waals surface area contributed by atoms with Crippen molar-refractivity contribution in [1.29, 1.82) is 0 Å². The number of aryl methyl sites for hydroxylation is 1. The Balaban J connectivity index is 1.55. The molecule has 0 spiro atoms. The van der Waals surface area contributed by atoms with E-state index in [0.29, 0.717) is 18.1 Å². The Kier molecular flexibility index (Phi) is 7.70. The fourth-order valence-corrected chi connectivity index (χ4v) is 4.63. The molecule has 8 heteroatoms. The minimum Gasteiger partial charge on any atom is -0.497 e. The Morgan fingerprint density at radius 2 is 1.97 bits per heavy atom. The molecule has 35 heavy (non-hydrogen) atoms. The monoisotopic (exact) mass is 476 g/mol. The molecule has 3 aromatic rings. The van der Waals surface area contributed by atoms with Gasteiger partial charge in [0, 0.05) is 43.7 Å². The molecule has 1 saturated heterocycles. The van der Waals surface area contributed by atoms with Crippen LogP contribution in [0.3, 0.4) is 0 Å².